The van der Waals surface area contributed by atoms with Gasteiger partial charge in [-0.15, -0.1) is 0 Å². The summed E-state index contributed by atoms with van der Waals surface area (Å²) in [5.74, 6) is 0.427. The van der Waals surface area contributed by atoms with Gasteiger partial charge in [0.05, 0.1) is 25.7 Å². The summed E-state index contributed by atoms with van der Waals surface area (Å²) in [5.41, 5.74) is 7.90. The lowest BCUT2D eigenvalue weighted by atomic mass is 9.86. The second kappa shape index (κ2) is 12.2. The number of benzene rings is 3. The fourth-order valence-corrected chi connectivity index (χ4v) is 12.9. The SMILES string of the molecule is COc1ccc(C2(CCCN3CCC(=C4c5ccccc5C=Cc5ccccc54)CC3)S(=O)(=O)CCCS2(=O)=O)cc1OC. The van der Waals surface area contributed by atoms with Gasteiger partial charge in [0.25, 0.3) is 0 Å². The number of rotatable bonds is 7. The molecule has 0 unspecified atom stereocenters. The van der Waals surface area contributed by atoms with E-state index in [0.717, 1.165) is 25.9 Å². The summed E-state index contributed by atoms with van der Waals surface area (Å²) < 4.78 is 63.7. The van der Waals surface area contributed by atoms with Gasteiger partial charge in [-0.1, -0.05) is 72.3 Å². The predicted molar refractivity (Wildman–Crippen MR) is 176 cm³/mol. The minimum atomic E-state index is -3.99. The van der Waals surface area contributed by atoms with E-state index in [1.54, 1.807) is 12.1 Å². The van der Waals surface area contributed by atoms with Crippen molar-refractivity contribution in [2.24, 2.45) is 0 Å². The number of sulfone groups is 2. The van der Waals surface area contributed by atoms with Crippen LogP contribution in [-0.4, -0.2) is 67.1 Å². The van der Waals surface area contributed by atoms with Crippen LogP contribution in [0.1, 0.15) is 59.9 Å². The Morgan fingerprint density at radius 2 is 1.32 bits per heavy atom. The lowest BCUT2D eigenvalue weighted by molar-refractivity contribution is 0.250. The standard InChI is InChI=1S/C35H39NO6S2/c1-41-32-16-15-29(25-33(32)42-2)35(43(37,38)23-8-24-44(35,39)40)19-7-20-36-21-17-28(18-22-36)34-30-11-5-3-9-26(30)13-14-27-10-4-6-12-31(27)34/h3-6,9-16,25H,7-8,17-24H2,1-2H3. The first-order valence-electron chi connectivity index (χ1n) is 15.2. The molecule has 2 saturated heterocycles. The molecule has 6 rings (SSSR count). The van der Waals surface area contributed by atoms with Gasteiger partial charge in [0.1, 0.15) is 0 Å². The molecule has 2 aliphatic heterocycles. The van der Waals surface area contributed by atoms with Crippen molar-refractivity contribution in [2.45, 2.75) is 36.2 Å². The van der Waals surface area contributed by atoms with E-state index in [1.165, 1.54) is 53.7 Å². The van der Waals surface area contributed by atoms with Gasteiger partial charge in [-0.2, -0.15) is 0 Å². The van der Waals surface area contributed by atoms with Crippen molar-refractivity contribution in [3.63, 3.8) is 0 Å². The Morgan fingerprint density at radius 3 is 1.89 bits per heavy atom. The van der Waals surface area contributed by atoms with Gasteiger partial charge in [0, 0.05) is 13.1 Å². The number of fused-ring (bicyclic) bond motifs is 2. The van der Waals surface area contributed by atoms with E-state index in [9.17, 15) is 16.8 Å². The van der Waals surface area contributed by atoms with Crippen molar-refractivity contribution in [1.82, 2.24) is 4.90 Å². The largest absolute Gasteiger partial charge is 0.493 e. The molecule has 0 aromatic heterocycles. The smallest absolute Gasteiger partial charge is 0.198 e. The fraction of sp³-hybridized carbons (Fsp3) is 0.371. The molecule has 0 amide bonds. The van der Waals surface area contributed by atoms with Gasteiger partial charge >= 0.3 is 0 Å². The maximum Gasteiger partial charge on any atom is 0.198 e. The van der Waals surface area contributed by atoms with Crippen molar-refractivity contribution < 1.29 is 26.3 Å². The summed E-state index contributed by atoms with van der Waals surface area (Å²) in [6.07, 6.45) is 6.74. The van der Waals surface area contributed by atoms with E-state index >= 15 is 0 Å². The molecule has 9 heteroatoms. The molecule has 2 fully saturated rings. The Labute approximate surface area is 261 Å². The van der Waals surface area contributed by atoms with Crippen LogP contribution in [0.4, 0.5) is 0 Å². The van der Waals surface area contributed by atoms with Crippen LogP contribution in [0, 0.1) is 0 Å². The Balaban J connectivity index is 1.24. The predicted octanol–water partition coefficient (Wildman–Crippen LogP) is 5.95. The zero-order chi connectivity index (χ0) is 31.0. The van der Waals surface area contributed by atoms with Crippen LogP contribution in [-0.2, 0) is 23.8 Å². The summed E-state index contributed by atoms with van der Waals surface area (Å²) in [6.45, 7) is 2.29. The maximum absolute atomic E-state index is 13.7. The molecule has 3 aromatic rings. The zero-order valence-corrected chi connectivity index (χ0v) is 26.9. The van der Waals surface area contributed by atoms with Crippen molar-refractivity contribution in [3.05, 3.63) is 100 Å². The second-order valence-corrected chi connectivity index (χ2v) is 16.7. The normalized spacial score (nSPS) is 20.3. The molecular weight excluding hydrogens is 595 g/mol. The summed E-state index contributed by atoms with van der Waals surface area (Å²) in [5, 5.41) is 0. The van der Waals surface area contributed by atoms with Crippen LogP contribution < -0.4 is 9.47 Å². The van der Waals surface area contributed by atoms with E-state index in [4.69, 9.17) is 9.47 Å². The van der Waals surface area contributed by atoms with Gasteiger partial charge in [-0.3, -0.25) is 0 Å². The Kier molecular flexibility index (Phi) is 8.48. The zero-order valence-electron chi connectivity index (χ0n) is 25.3. The highest BCUT2D eigenvalue weighted by atomic mass is 32.3. The first-order valence-corrected chi connectivity index (χ1v) is 18.5. The van der Waals surface area contributed by atoms with Gasteiger partial charge in [-0.25, -0.2) is 16.8 Å². The molecule has 0 N–H and O–H groups in total. The number of methoxy groups -OCH3 is 2. The van der Waals surface area contributed by atoms with Crippen LogP contribution in [0.15, 0.2) is 72.3 Å². The highest BCUT2D eigenvalue weighted by Gasteiger charge is 2.57. The van der Waals surface area contributed by atoms with Crippen LogP contribution >= 0.6 is 0 Å². The summed E-state index contributed by atoms with van der Waals surface area (Å²) >= 11 is 0. The number of piperidine rings is 1. The highest BCUT2D eigenvalue weighted by Crippen LogP contribution is 2.47. The van der Waals surface area contributed by atoms with Crippen molar-refractivity contribution in [2.75, 3.05) is 45.4 Å². The first kappa shape index (κ1) is 30.6. The molecule has 1 aliphatic carbocycles. The molecule has 3 aliphatic rings. The first-order chi connectivity index (χ1) is 21.2. The number of ether oxygens (including phenoxy) is 2. The third-order valence-corrected chi connectivity index (χ3v) is 15.4. The van der Waals surface area contributed by atoms with E-state index in [0.29, 0.717) is 24.5 Å². The number of likely N-dealkylation sites (tertiary alicyclic amines) is 1. The Morgan fingerprint density at radius 1 is 0.750 bits per heavy atom. The van der Waals surface area contributed by atoms with Crippen molar-refractivity contribution in [3.8, 4) is 11.5 Å². The Bertz CT molecular complexity index is 1750. The van der Waals surface area contributed by atoms with E-state index < -0.39 is 23.8 Å². The molecule has 7 nitrogen and oxygen atoms in total. The molecule has 3 aromatic carbocycles. The third-order valence-electron chi connectivity index (χ3n) is 9.35. The second-order valence-electron chi connectivity index (χ2n) is 11.7. The van der Waals surface area contributed by atoms with Gasteiger partial charge < -0.3 is 14.4 Å². The van der Waals surface area contributed by atoms with Crippen molar-refractivity contribution in [1.29, 1.82) is 0 Å². The van der Waals surface area contributed by atoms with E-state index in [1.807, 2.05) is 0 Å². The van der Waals surface area contributed by atoms with Gasteiger partial charge in [-0.05, 0) is 84.2 Å². The van der Waals surface area contributed by atoms with Crippen molar-refractivity contribution >= 4 is 37.4 Å². The van der Waals surface area contributed by atoms with E-state index in [-0.39, 0.29) is 29.9 Å². The van der Waals surface area contributed by atoms with Gasteiger partial charge in [0.15, 0.2) is 35.3 Å². The lowest BCUT2D eigenvalue weighted by Crippen LogP contribution is -2.50. The average Bonchev–Trinajstić information content (AvgIpc) is 3.19. The maximum atomic E-state index is 13.7. The minimum Gasteiger partial charge on any atom is -0.493 e. The van der Waals surface area contributed by atoms with Crippen LogP contribution in [0.2, 0.25) is 0 Å². The molecule has 0 radical (unpaired) electrons. The number of hydrogen-bond acceptors (Lipinski definition) is 7. The number of nitrogens with zero attached hydrogens (tertiary/aromatic N) is 1. The van der Waals surface area contributed by atoms with Crippen LogP contribution in [0.25, 0.3) is 17.7 Å². The summed E-state index contributed by atoms with van der Waals surface area (Å²) in [4.78, 5) is 2.33. The molecule has 0 saturated carbocycles. The molecule has 0 spiro atoms. The monoisotopic (exact) mass is 633 g/mol. The van der Waals surface area contributed by atoms with Gasteiger partial charge in [0.2, 0.25) is 0 Å². The highest BCUT2D eigenvalue weighted by molar-refractivity contribution is 8.10. The van der Waals surface area contributed by atoms with Crippen LogP contribution in [0.5, 0.6) is 11.5 Å². The third kappa shape index (κ3) is 5.29. The lowest BCUT2D eigenvalue weighted by Gasteiger charge is -2.38. The van der Waals surface area contributed by atoms with Crippen LogP contribution in [0.3, 0.4) is 0 Å². The fourth-order valence-electron chi connectivity index (χ4n) is 7.13. The molecular formula is C35H39NO6S2. The Hall–Kier alpha value is -3.40. The average molecular weight is 634 g/mol. The number of hydrogen-bond donors (Lipinski definition) is 0. The topological polar surface area (TPSA) is 90.0 Å². The molecule has 232 valence electrons. The summed E-state index contributed by atoms with van der Waals surface area (Å²) in [6, 6.07) is 21.8. The molecule has 0 atom stereocenters. The molecule has 0 bridgehead atoms. The summed E-state index contributed by atoms with van der Waals surface area (Å²) in [7, 11) is -5.04. The quantitative estimate of drug-likeness (QED) is 0.248. The minimum absolute atomic E-state index is 0.00398. The molecule has 44 heavy (non-hydrogen) atoms. The molecule has 2 heterocycles. The van der Waals surface area contributed by atoms with E-state index in [2.05, 4.69) is 65.6 Å².